The molecule has 0 aliphatic heterocycles. The molecule has 2 nitrogen and oxygen atoms in total. The minimum absolute atomic E-state index is 1.07. The first-order valence-corrected chi connectivity index (χ1v) is 4.56. The molecule has 2 N–H and O–H groups in total. The van der Waals surface area contributed by atoms with E-state index in [0.29, 0.717) is 0 Å². The van der Waals surface area contributed by atoms with Crippen molar-refractivity contribution in [1.82, 2.24) is 10.6 Å². The molecule has 68 valence electrons. The third-order valence-electron chi connectivity index (χ3n) is 2.44. The van der Waals surface area contributed by atoms with Gasteiger partial charge in [0.2, 0.25) is 0 Å². The summed E-state index contributed by atoms with van der Waals surface area (Å²) < 4.78 is 0. The maximum Gasteiger partial charge on any atom is 0.0314 e. The van der Waals surface area contributed by atoms with Crippen molar-refractivity contribution in [2.24, 2.45) is 0 Å². The summed E-state index contributed by atoms with van der Waals surface area (Å²) in [7, 11) is 3.92. The van der Waals surface area contributed by atoms with Gasteiger partial charge in [-0.15, -0.1) is 0 Å². The van der Waals surface area contributed by atoms with Crippen LogP contribution in [-0.4, -0.2) is 14.1 Å². The van der Waals surface area contributed by atoms with E-state index >= 15 is 0 Å². The summed E-state index contributed by atoms with van der Waals surface area (Å²) in [6.45, 7) is 3.99. The van der Waals surface area contributed by atoms with Crippen LogP contribution in [0.3, 0.4) is 0 Å². The van der Waals surface area contributed by atoms with Gasteiger partial charge in [0, 0.05) is 25.5 Å². The van der Waals surface area contributed by atoms with Crippen molar-refractivity contribution in [3.05, 3.63) is 23.5 Å². The summed E-state index contributed by atoms with van der Waals surface area (Å²) in [6, 6.07) is 0. The Morgan fingerprint density at radius 2 is 1.92 bits per heavy atom. The van der Waals surface area contributed by atoms with E-state index in [1.807, 2.05) is 14.1 Å². The minimum Gasteiger partial charge on any atom is -0.391 e. The monoisotopic (exact) mass is 166 g/mol. The zero-order valence-corrected chi connectivity index (χ0v) is 8.04. The van der Waals surface area contributed by atoms with Crippen LogP contribution in [0.1, 0.15) is 25.7 Å². The molecule has 0 amide bonds. The number of allylic oxidation sites excluding steroid dienone is 2. The number of hydrogen-bond acceptors (Lipinski definition) is 2. The van der Waals surface area contributed by atoms with Crippen LogP contribution in [-0.2, 0) is 0 Å². The molecule has 1 rings (SSSR count). The Labute approximate surface area is 74.7 Å². The molecule has 2 heteroatoms. The van der Waals surface area contributed by atoms with Crippen LogP contribution < -0.4 is 10.6 Å². The van der Waals surface area contributed by atoms with Crippen molar-refractivity contribution in [1.29, 1.82) is 0 Å². The predicted molar refractivity (Wildman–Crippen MR) is 52.8 cm³/mol. The molecule has 0 unspecified atom stereocenters. The lowest BCUT2D eigenvalue weighted by Crippen LogP contribution is -2.18. The van der Waals surface area contributed by atoms with Crippen molar-refractivity contribution in [2.45, 2.75) is 25.7 Å². The van der Waals surface area contributed by atoms with Gasteiger partial charge in [-0.3, -0.25) is 0 Å². The van der Waals surface area contributed by atoms with E-state index in [-0.39, 0.29) is 0 Å². The fraction of sp³-hybridized carbons (Fsp3) is 0.600. The molecule has 0 fully saturated rings. The number of nitrogens with one attached hydrogen (secondary N) is 2. The van der Waals surface area contributed by atoms with Crippen LogP contribution in [0.4, 0.5) is 0 Å². The summed E-state index contributed by atoms with van der Waals surface area (Å²) in [5.41, 5.74) is 3.81. The van der Waals surface area contributed by atoms with E-state index < -0.39 is 0 Å². The molecule has 1 aliphatic carbocycles. The maximum atomic E-state index is 3.99. The van der Waals surface area contributed by atoms with E-state index in [4.69, 9.17) is 0 Å². The second kappa shape index (κ2) is 4.19. The Balaban J connectivity index is 2.79. The van der Waals surface area contributed by atoms with E-state index in [1.165, 1.54) is 30.5 Å². The zero-order chi connectivity index (χ0) is 8.97. The average Bonchev–Trinajstić information content (AvgIpc) is 2.16. The van der Waals surface area contributed by atoms with Crippen molar-refractivity contribution in [2.75, 3.05) is 14.1 Å². The average molecular weight is 166 g/mol. The molecular formula is C10H18N2. The fourth-order valence-electron chi connectivity index (χ4n) is 1.67. The highest BCUT2D eigenvalue weighted by Gasteiger charge is 2.12. The number of likely N-dealkylation sites (N-methyl/N-ethyl adjacent to an activating group) is 1. The summed E-state index contributed by atoms with van der Waals surface area (Å²) in [4.78, 5) is 0. The normalized spacial score (nSPS) is 17.5. The summed E-state index contributed by atoms with van der Waals surface area (Å²) in [5, 5.41) is 6.35. The van der Waals surface area contributed by atoms with Gasteiger partial charge in [-0.25, -0.2) is 0 Å². The molecule has 0 heterocycles. The van der Waals surface area contributed by atoms with E-state index in [2.05, 4.69) is 17.2 Å². The summed E-state index contributed by atoms with van der Waals surface area (Å²) in [5.74, 6) is 0. The molecule has 0 saturated heterocycles. The summed E-state index contributed by atoms with van der Waals surface area (Å²) >= 11 is 0. The van der Waals surface area contributed by atoms with Gasteiger partial charge in [0.05, 0.1) is 0 Å². The predicted octanol–water partition coefficient (Wildman–Crippen LogP) is 1.77. The number of hydrogen-bond donors (Lipinski definition) is 2. The maximum absolute atomic E-state index is 3.99. The van der Waals surface area contributed by atoms with Crippen LogP contribution in [0, 0.1) is 0 Å². The van der Waals surface area contributed by atoms with Crippen LogP contribution >= 0.6 is 0 Å². The Morgan fingerprint density at radius 3 is 2.50 bits per heavy atom. The Bertz CT molecular complexity index is 204. The highest BCUT2D eigenvalue weighted by atomic mass is 14.9. The molecule has 1 aliphatic rings. The van der Waals surface area contributed by atoms with Gasteiger partial charge in [0.1, 0.15) is 0 Å². The first kappa shape index (κ1) is 9.17. The Morgan fingerprint density at radius 1 is 1.25 bits per heavy atom. The highest BCUT2D eigenvalue weighted by Crippen LogP contribution is 2.25. The van der Waals surface area contributed by atoms with E-state index in [9.17, 15) is 0 Å². The fourth-order valence-corrected chi connectivity index (χ4v) is 1.67. The van der Waals surface area contributed by atoms with Crippen LogP contribution in [0.15, 0.2) is 23.5 Å². The first-order valence-electron chi connectivity index (χ1n) is 4.56. The third-order valence-corrected chi connectivity index (χ3v) is 2.44. The molecule has 0 radical (unpaired) electrons. The number of rotatable bonds is 3. The largest absolute Gasteiger partial charge is 0.391 e. The highest BCUT2D eigenvalue weighted by molar-refractivity contribution is 5.32. The lowest BCUT2D eigenvalue weighted by Gasteiger charge is -2.21. The second-order valence-electron chi connectivity index (χ2n) is 3.14. The van der Waals surface area contributed by atoms with Crippen LogP contribution in [0.5, 0.6) is 0 Å². The quantitative estimate of drug-likeness (QED) is 0.667. The SMILES string of the molecule is C=C(NC)C1=C(NC)CCCC1. The van der Waals surface area contributed by atoms with Crippen LogP contribution in [0.2, 0.25) is 0 Å². The molecule has 0 aromatic rings. The van der Waals surface area contributed by atoms with Crippen LogP contribution in [0.25, 0.3) is 0 Å². The van der Waals surface area contributed by atoms with Crippen molar-refractivity contribution >= 4 is 0 Å². The molecule has 0 atom stereocenters. The van der Waals surface area contributed by atoms with Gasteiger partial charge in [0.15, 0.2) is 0 Å². The summed E-state index contributed by atoms with van der Waals surface area (Å²) in [6.07, 6.45) is 4.93. The molecule has 0 bridgehead atoms. The lowest BCUT2D eigenvalue weighted by atomic mass is 9.94. The topological polar surface area (TPSA) is 24.1 Å². The Hall–Kier alpha value is -0.920. The molecule has 0 aromatic heterocycles. The zero-order valence-electron chi connectivity index (χ0n) is 8.04. The van der Waals surface area contributed by atoms with Crippen molar-refractivity contribution in [3.63, 3.8) is 0 Å². The minimum atomic E-state index is 1.07. The molecule has 0 saturated carbocycles. The van der Waals surface area contributed by atoms with Crippen molar-refractivity contribution < 1.29 is 0 Å². The van der Waals surface area contributed by atoms with Gasteiger partial charge >= 0.3 is 0 Å². The smallest absolute Gasteiger partial charge is 0.0314 e. The molecule has 0 aromatic carbocycles. The van der Waals surface area contributed by atoms with Gasteiger partial charge in [-0.1, -0.05) is 6.58 Å². The molecule has 0 spiro atoms. The first-order chi connectivity index (χ1) is 5.79. The molecule has 12 heavy (non-hydrogen) atoms. The molecular weight excluding hydrogens is 148 g/mol. The van der Waals surface area contributed by atoms with Gasteiger partial charge in [-0.05, 0) is 31.3 Å². The standard InChI is InChI=1S/C10H18N2/c1-8(11-2)9-6-4-5-7-10(9)12-3/h11-12H,1,4-7H2,2-3H3. The lowest BCUT2D eigenvalue weighted by molar-refractivity contribution is 0.637. The van der Waals surface area contributed by atoms with E-state index in [0.717, 1.165) is 12.1 Å². The van der Waals surface area contributed by atoms with Gasteiger partial charge in [0.25, 0.3) is 0 Å². The van der Waals surface area contributed by atoms with E-state index in [1.54, 1.807) is 0 Å². The van der Waals surface area contributed by atoms with Gasteiger partial charge in [-0.2, -0.15) is 0 Å². The second-order valence-corrected chi connectivity index (χ2v) is 3.14. The van der Waals surface area contributed by atoms with Crippen molar-refractivity contribution in [3.8, 4) is 0 Å². The van der Waals surface area contributed by atoms with Gasteiger partial charge < -0.3 is 10.6 Å². The Kier molecular flexibility index (Phi) is 3.20. The third kappa shape index (κ3) is 1.81.